The molecule has 0 saturated heterocycles. The summed E-state index contributed by atoms with van der Waals surface area (Å²) in [5, 5.41) is 6.62. The van der Waals surface area contributed by atoms with Crippen LogP contribution in [0.1, 0.15) is 19.3 Å². The molecule has 3 rings (SSSR count). The number of anilines is 1. The van der Waals surface area contributed by atoms with Crippen LogP contribution in [0.3, 0.4) is 0 Å². The number of amides is 2. The summed E-state index contributed by atoms with van der Waals surface area (Å²) in [6.07, 6.45) is 4.39. The summed E-state index contributed by atoms with van der Waals surface area (Å²) >= 11 is 0. The van der Waals surface area contributed by atoms with Crippen LogP contribution >= 0.6 is 12.4 Å². The van der Waals surface area contributed by atoms with Gasteiger partial charge < -0.3 is 20.9 Å². The maximum absolute atomic E-state index is 12.3. The maximum Gasteiger partial charge on any atom is 0.239 e. The van der Waals surface area contributed by atoms with Gasteiger partial charge in [-0.25, -0.2) is 0 Å². The lowest BCUT2D eigenvalue weighted by Gasteiger charge is -2.11. The molecule has 2 unspecified atom stereocenters. The highest BCUT2D eigenvalue weighted by molar-refractivity contribution is 5.95. The third-order valence-corrected chi connectivity index (χ3v) is 4.48. The first-order chi connectivity index (χ1) is 11.1. The van der Waals surface area contributed by atoms with E-state index in [0.29, 0.717) is 0 Å². The highest BCUT2D eigenvalue weighted by Crippen LogP contribution is 2.26. The Morgan fingerprint density at radius 3 is 2.75 bits per heavy atom. The minimum atomic E-state index is -0.0584. The summed E-state index contributed by atoms with van der Waals surface area (Å²) in [7, 11) is 1.62. The number of likely N-dealkylation sites (N-methyl/N-ethyl adjacent to an activating group) is 1. The van der Waals surface area contributed by atoms with Crippen molar-refractivity contribution in [2.24, 2.45) is 11.7 Å². The Hall–Kier alpha value is -2.05. The minimum Gasteiger partial charge on any atom is -0.358 e. The Morgan fingerprint density at radius 1 is 1.29 bits per heavy atom. The molecular formula is C17H23ClN4O2. The smallest absolute Gasteiger partial charge is 0.239 e. The Balaban J connectivity index is 0.00000208. The van der Waals surface area contributed by atoms with Crippen LogP contribution < -0.4 is 16.4 Å². The fourth-order valence-electron chi connectivity index (χ4n) is 3.13. The van der Waals surface area contributed by atoms with Crippen LogP contribution in [0, 0.1) is 5.92 Å². The molecule has 0 bridgehead atoms. The van der Waals surface area contributed by atoms with E-state index in [-0.39, 0.29) is 42.7 Å². The van der Waals surface area contributed by atoms with Crippen molar-refractivity contribution >= 4 is 40.8 Å². The van der Waals surface area contributed by atoms with E-state index < -0.39 is 0 Å². The van der Waals surface area contributed by atoms with Gasteiger partial charge in [0.2, 0.25) is 11.8 Å². The summed E-state index contributed by atoms with van der Waals surface area (Å²) in [5.41, 5.74) is 7.55. The van der Waals surface area contributed by atoms with Crippen molar-refractivity contribution in [2.45, 2.75) is 31.8 Å². The van der Waals surface area contributed by atoms with Crippen molar-refractivity contribution in [3.8, 4) is 0 Å². The monoisotopic (exact) mass is 350 g/mol. The van der Waals surface area contributed by atoms with Gasteiger partial charge in [-0.2, -0.15) is 0 Å². The Bertz CT molecular complexity index is 743. The SMILES string of the molecule is CNC(=O)Cn1ccc2ccc(NC(=O)C3CCC(N)C3)cc21.Cl. The molecule has 1 heterocycles. The van der Waals surface area contributed by atoms with Crippen LogP contribution in [-0.4, -0.2) is 29.5 Å². The van der Waals surface area contributed by atoms with E-state index in [0.717, 1.165) is 35.9 Å². The second-order valence-corrected chi connectivity index (χ2v) is 6.15. The van der Waals surface area contributed by atoms with Gasteiger partial charge in [-0.3, -0.25) is 9.59 Å². The standard InChI is InChI=1S/C17H22N4O2.ClH/c1-19-16(22)10-21-7-6-11-3-5-14(9-15(11)21)20-17(23)12-2-4-13(18)8-12;/h3,5-7,9,12-13H,2,4,8,10,18H2,1H3,(H,19,22)(H,20,23);1H. The number of carbonyl (C=O) groups excluding carboxylic acids is 2. The Labute approximate surface area is 147 Å². The van der Waals surface area contributed by atoms with Crippen LogP contribution in [0.25, 0.3) is 10.9 Å². The molecule has 24 heavy (non-hydrogen) atoms. The number of aromatic nitrogens is 1. The molecule has 1 aliphatic rings. The van der Waals surface area contributed by atoms with Gasteiger partial charge in [-0.05, 0) is 42.8 Å². The first-order valence-corrected chi connectivity index (χ1v) is 7.92. The molecule has 1 saturated carbocycles. The van der Waals surface area contributed by atoms with E-state index in [4.69, 9.17) is 5.73 Å². The second-order valence-electron chi connectivity index (χ2n) is 6.15. The van der Waals surface area contributed by atoms with E-state index in [1.807, 2.05) is 35.0 Å². The molecular weight excluding hydrogens is 328 g/mol. The molecule has 0 spiro atoms. The lowest BCUT2D eigenvalue weighted by atomic mass is 10.1. The van der Waals surface area contributed by atoms with Gasteiger partial charge in [-0.1, -0.05) is 6.07 Å². The molecule has 1 aromatic heterocycles. The molecule has 1 aliphatic carbocycles. The predicted molar refractivity (Wildman–Crippen MR) is 97.2 cm³/mol. The van der Waals surface area contributed by atoms with Crippen molar-refractivity contribution in [2.75, 3.05) is 12.4 Å². The number of nitrogens with two attached hydrogens (primary N) is 1. The van der Waals surface area contributed by atoms with Crippen LogP contribution in [0.5, 0.6) is 0 Å². The van der Waals surface area contributed by atoms with Crippen molar-refractivity contribution in [3.05, 3.63) is 30.5 Å². The molecule has 2 atom stereocenters. The fraction of sp³-hybridized carbons (Fsp3) is 0.412. The zero-order valence-electron chi connectivity index (χ0n) is 13.6. The first-order valence-electron chi connectivity index (χ1n) is 7.92. The van der Waals surface area contributed by atoms with E-state index in [2.05, 4.69) is 10.6 Å². The molecule has 6 nitrogen and oxygen atoms in total. The maximum atomic E-state index is 12.3. The number of carbonyl (C=O) groups is 2. The van der Waals surface area contributed by atoms with Gasteiger partial charge in [0.05, 0.1) is 5.52 Å². The van der Waals surface area contributed by atoms with E-state index >= 15 is 0 Å². The molecule has 2 aromatic rings. The van der Waals surface area contributed by atoms with Crippen LogP contribution in [0.2, 0.25) is 0 Å². The van der Waals surface area contributed by atoms with Gasteiger partial charge in [0.25, 0.3) is 0 Å². The van der Waals surface area contributed by atoms with Crippen LogP contribution in [-0.2, 0) is 16.1 Å². The Kier molecular flexibility index (Phi) is 5.85. The van der Waals surface area contributed by atoms with Crippen molar-refractivity contribution < 1.29 is 9.59 Å². The minimum absolute atomic E-state index is 0. The number of hydrogen-bond acceptors (Lipinski definition) is 3. The quantitative estimate of drug-likeness (QED) is 0.786. The van der Waals surface area contributed by atoms with Gasteiger partial charge >= 0.3 is 0 Å². The molecule has 0 aliphatic heterocycles. The highest BCUT2D eigenvalue weighted by Gasteiger charge is 2.27. The summed E-state index contributed by atoms with van der Waals surface area (Å²) in [6, 6.07) is 7.84. The van der Waals surface area contributed by atoms with Gasteiger partial charge in [0.1, 0.15) is 6.54 Å². The topological polar surface area (TPSA) is 89.2 Å². The third-order valence-electron chi connectivity index (χ3n) is 4.48. The molecule has 1 fully saturated rings. The predicted octanol–water partition coefficient (Wildman–Crippen LogP) is 1.87. The van der Waals surface area contributed by atoms with Crippen molar-refractivity contribution in [3.63, 3.8) is 0 Å². The fourth-order valence-corrected chi connectivity index (χ4v) is 3.13. The largest absolute Gasteiger partial charge is 0.358 e. The van der Waals surface area contributed by atoms with Crippen LogP contribution in [0.15, 0.2) is 30.5 Å². The van der Waals surface area contributed by atoms with E-state index in [1.54, 1.807) is 7.05 Å². The zero-order chi connectivity index (χ0) is 16.4. The van der Waals surface area contributed by atoms with Gasteiger partial charge in [0, 0.05) is 30.9 Å². The molecule has 4 N–H and O–H groups in total. The summed E-state index contributed by atoms with van der Waals surface area (Å²) < 4.78 is 1.87. The Morgan fingerprint density at radius 2 is 2.08 bits per heavy atom. The van der Waals surface area contributed by atoms with Gasteiger partial charge in [-0.15, -0.1) is 12.4 Å². The third kappa shape index (κ3) is 3.88. The van der Waals surface area contributed by atoms with Crippen molar-refractivity contribution in [1.82, 2.24) is 9.88 Å². The number of halogens is 1. The van der Waals surface area contributed by atoms with Crippen LogP contribution in [0.4, 0.5) is 5.69 Å². The van der Waals surface area contributed by atoms with E-state index in [9.17, 15) is 9.59 Å². The average Bonchev–Trinajstić information content (AvgIpc) is 3.14. The normalized spacial score (nSPS) is 19.8. The highest BCUT2D eigenvalue weighted by atomic mass is 35.5. The number of nitrogens with one attached hydrogen (secondary N) is 2. The van der Waals surface area contributed by atoms with Crippen molar-refractivity contribution in [1.29, 1.82) is 0 Å². The zero-order valence-corrected chi connectivity index (χ0v) is 14.4. The first kappa shape index (κ1) is 18.3. The summed E-state index contributed by atoms with van der Waals surface area (Å²) in [6.45, 7) is 0.259. The number of hydrogen-bond donors (Lipinski definition) is 3. The number of rotatable bonds is 4. The summed E-state index contributed by atoms with van der Waals surface area (Å²) in [4.78, 5) is 23.9. The lowest BCUT2D eigenvalue weighted by Crippen LogP contribution is -2.23. The number of fused-ring (bicyclic) bond motifs is 1. The molecule has 130 valence electrons. The number of benzene rings is 1. The molecule has 1 aromatic carbocycles. The average molecular weight is 351 g/mol. The second kappa shape index (κ2) is 7.68. The molecule has 2 amide bonds. The number of nitrogens with zero attached hydrogens (tertiary/aromatic N) is 1. The lowest BCUT2D eigenvalue weighted by molar-refractivity contribution is -0.121. The van der Waals surface area contributed by atoms with Gasteiger partial charge in [0.15, 0.2) is 0 Å². The summed E-state index contributed by atoms with van der Waals surface area (Å²) in [5.74, 6) is -0.0306. The molecule has 7 heteroatoms. The van der Waals surface area contributed by atoms with E-state index in [1.165, 1.54) is 0 Å². The molecule has 0 radical (unpaired) electrons.